The molecule has 2 rings (SSSR count). The van der Waals surface area contributed by atoms with Crippen LogP contribution in [-0.4, -0.2) is 136 Å². The van der Waals surface area contributed by atoms with Crippen LogP contribution in [0, 0.1) is 5.92 Å². The van der Waals surface area contributed by atoms with Crippen LogP contribution >= 0.6 is 0 Å². The summed E-state index contributed by atoms with van der Waals surface area (Å²) in [6.45, 7) is 1.68. The normalized spacial score (nSPS) is 43.8. The molecule has 0 saturated carbocycles. The van der Waals surface area contributed by atoms with E-state index >= 15 is 0 Å². The number of hydrogen-bond acceptors (Lipinski definition) is 14. The number of aliphatic hydroxyl groups is 10. The number of hydrogen-bond donors (Lipinski definition) is 10. The van der Waals surface area contributed by atoms with Gasteiger partial charge in [0, 0.05) is 12.3 Å². The van der Waals surface area contributed by atoms with Crippen molar-refractivity contribution in [2.24, 2.45) is 5.92 Å². The first-order valence-corrected chi connectivity index (χ1v) is 10.6. The van der Waals surface area contributed by atoms with E-state index in [1.165, 1.54) is 0 Å². The van der Waals surface area contributed by atoms with E-state index in [0.29, 0.717) is 0 Å². The lowest BCUT2D eigenvalue weighted by molar-refractivity contribution is -0.332. The first-order valence-electron chi connectivity index (χ1n) is 10.6. The molecule has 2 aliphatic heterocycles. The Morgan fingerprint density at radius 1 is 0.824 bits per heavy atom. The standard InChI is InChI=1S/C20H32O14/c1-2-8(16(28)20(32)18(30)15(27)13(25)10(7-22)34-20)4-3-5-11(23)19(31)17(29)14(26)12(24)9(6-21)33-19/h2,8-10,12-15,17-18,21-22,24-27,29-32H,1,3-7H2/t8?,9-,10-,12+,13+,14+,15+,17-,18-,19?,20?/m1/s1. The molecule has 0 amide bonds. The highest BCUT2D eigenvalue weighted by Crippen LogP contribution is 2.34. The van der Waals surface area contributed by atoms with E-state index in [1.807, 2.05) is 0 Å². The van der Waals surface area contributed by atoms with Crippen molar-refractivity contribution < 1.29 is 70.1 Å². The zero-order chi connectivity index (χ0) is 26.0. The summed E-state index contributed by atoms with van der Waals surface area (Å²) >= 11 is 0. The van der Waals surface area contributed by atoms with Gasteiger partial charge >= 0.3 is 0 Å². The Morgan fingerprint density at radius 3 is 1.71 bits per heavy atom. The van der Waals surface area contributed by atoms with Crippen molar-refractivity contribution in [2.45, 2.75) is 79.7 Å². The maximum Gasteiger partial charge on any atom is 0.257 e. The second-order valence-electron chi connectivity index (χ2n) is 8.44. The van der Waals surface area contributed by atoms with Gasteiger partial charge in [0.2, 0.25) is 5.78 Å². The fraction of sp³-hybridized carbons (Fsp3) is 0.800. The number of ether oxygens (including phenoxy) is 2. The smallest absolute Gasteiger partial charge is 0.257 e. The predicted molar refractivity (Wildman–Crippen MR) is 107 cm³/mol. The summed E-state index contributed by atoms with van der Waals surface area (Å²) in [6.07, 6.45) is -15.1. The van der Waals surface area contributed by atoms with Crippen LogP contribution in [0.1, 0.15) is 19.3 Å². The summed E-state index contributed by atoms with van der Waals surface area (Å²) in [5, 5.41) is 99.0. The van der Waals surface area contributed by atoms with E-state index in [0.717, 1.165) is 6.08 Å². The van der Waals surface area contributed by atoms with Crippen LogP contribution in [0.4, 0.5) is 0 Å². The number of ketones is 2. The molecular weight excluding hydrogens is 464 g/mol. The van der Waals surface area contributed by atoms with E-state index in [-0.39, 0.29) is 12.8 Å². The molecule has 0 spiro atoms. The Bertz CT molecular complexity index is 743. The van der Waals surface area contributed by atoms with Gasteiger partial charge in [0.25, 0.3) is 11.6 Å². The third-order valence-corrected chi connectivity index (χ3v) is 6.23. The largest absolute Gasteiger partial charge is 0.394 e. The molecule has 10 N–H and O–H groups in total. The quantitative estimate of drug-likeness (QED) is 0.127. The number of rotatable bonds is 10. The van der Waals surface area contributed by atoms with Gasteiger partial charge in [-0.05, 0) is 12.8 Å². The molecule has 14 heteroatoms. The topological polar surface area (TPSA) is 255 Å². The summed E-state index contributed by atoms with van der Waals surface area (Å²) in [5.74, 6) is -9.54. The highest BCUT2D eigenvalue weighted by Gasteiger charge is 2.58. The van der Waals surface area contributed by atoms with Crippen LogP contribution in [0.25, 0.3) is 0 Å². The highest BCUT2D eigenvalue weighted by atomic mass is 16.7. The Morgan fingerprint density at radius 2 is 1.26 bits per heavy atom. The number of carbonyl (C=O) groups excluding carboxylic acids is 2. The molecule has 3 unspecified atom stereocenters. The molecule has 0 radical (unpaired) electrons. The molecule has 14 nitrogen and oxygen atoms in total. The molecule has 2 heterocycles. The molecule has 2 saturated heterocycles. The molecule has 0 bridgehead atoms. The van der Waals surface area contributed by atoms with E-state index in [9.17, 15) is 60.7 Å². The molecule has 2 aliphatic rings. The van der Waals surface area contributed by atoms with Gasteiger partial charge in [-0.25, -0.2) is 0 Å². The molecular formula is C20H32O14. The average molecular weight is 496 g/mol. The van der Waals surface area contributed by atoms with Crippen LogP contribution in [-0.2, 0) is 19.1 Å². The lowest BCUT2D eigenvalue weighted by Crippen LogP contribution is -2.69. The van der Waals surface area contributed by atoms with Crippen molar-refractivity contribution in [3.8, 4) is 0 Å². The van der Waals surface area contributed by atoms with Gasteiger partial charge in [0.05, 0.1) is 13.2 Å². The minimum Gasteiger partial charge on any atom is -0.394 e. The lowest BCUT2D eigenvalue weighted by atomic mass is 9.83. The molecule has 196 valence electrons. The van der Waals surface area contributed by atoms with Crippen molar-refractivity contribution in [2.75, 3.05) is 13.2 Å². The zero-order valence-electron chi connectivity index (χ0n) is 18.1. The summed E-state index contributed by atoms with van der Waals surface area (Å²) in [6, 6.07) is 0. The summed E-state index contributed by atoms with van der Waals surface area (Å²) in [7, 11) is 0. The molecule has 2 fully saturated rings. The molecule has 0 aromatic carbocycles. The number of allylic oxidation sites excluding steroid dienone is 1. The van der Waals surface area contributed by atoms with Crippen LogP contribution < -0.4 is 0 Å². The second kappa shape index (κ2) is 11.1. The van der Waals surface area contributed by atoms with Gasteiger partial charge in [0.15, 0.2) is 5.78 Å². The summed E-state index contributed by atoms with van der Waals surface area (Å²) in [4.78, 5) is 25.4. The third-order valence-electron chi connectivity index (χ3n) is 6.23. The van der Waals surface area contributed by atoms with E-state index in [2.05, 4.69) is 6.58 Å². The van der Waals surface area contributed by atoms with Crippen molar-refractivity contribution in [1.82, 2.24) is 0 Å². The minimum atomic E-state index is -3.01. The molecule has 0 aromatic heterocycles. The fourth-order valence-electron chi connectivity index (χ4n) is 4.02. The molecule has 11 atom stereocenters. The maximum absolute atomic E-state index is 12.9. The Kier molecular flexibility index (Phi) is 9.42. The first-order chi connectivity index (χ1) is 15.8. The number of Topliss-reactive ketones (excluding diaryl/α,β-unsaturated/α-hetero) is 2. The van der Waals surface area contributed by atoms with Crippen molar-refractivity contribution in [3.63, 3.8) is 0 Å². The van der Waals surface area contributed by atoms with Gasteiger partial charge < -0.3 is 60.5 Å². The summed E-state index contributed by atoms with van der Waals surface area (Å²) in [5.41, 5.74) is 0. The van der Waals surface area contributed by atoms with Gasteiger partial charge in [0.1, 0.15) is 48.8 Å². The van der Waals surface area contributed by atoms with Gasteiger partial charge in [-0.15, -0.1) is 6.58 Å². The third kappa shape index (κ3) is 5.09. The van der Waals surface area contributed by atoms with Crippen LogP contribution in [0.15, 0.2) is 12.7 Å². The monoisotopic (exact) mass is 496 g/mol. The van der Waals surface area contributed by atoms with Crippen LogP contribution in [0.2, 0.25) is 0 Å². The van der Waals surface area contributed by atoms with Crippen molar-refractivity contribution in [1.29, 1.82) is 0 Å². The predicted octanol–water partition coefficient (Wildman–Crippen LogP) is -5.58. The Hall–Kier alpha value is -1.40. The summed E-state index contributed by atoms with van der Waals surface area (Å²) < 4.78 is 9.90. The van der Waals surface area contributed by atoms with E-state index < -0.39 is 97.5 Å². The van der Waals surface area contributed by atoms with Crippen molar-refractivity contribution >= 4 is 11.6 Å². The van der Waals surface area contributed by atoms with Gasteiger partial charge in [-0.1, -0.05) is 6.08 Å². The Labute approximate surface area is 193 Å². The molecule has 0 aromatic rings. The minimum absolute atomic E-state index is 0.178. The lowest BCUT2D eigenvalue weighted by Gasteiger charge is -2.45. The van der Waals surface area contributed by atoms with Gasteiger partial charge in [-0.3, -0.25) is 9.59 Å². The van der Waals surface area contributed by atoms with Crippen LogP contribution in [0.5, 0.6) is 0 Å². The van der Waals surface area contributed by atoms with E-state index in [1.54, 1.807) is 0 Å². The maximum atomic E-state index is 12.9. The highest BCUT2D eigenvalue weighted by molar-refractivity contribution is 5.90. The zero-order valence-corrected chi connectivity index (χ0v) is 18.1. The molecule has 34 heavy (non-hydrogen) atoms. The SMILES string of the molecule is C=CC(CCCC(=O)C1(O)O[C@H](CO)[C@H](O)[C@H](O)[C@H]1O)C(=O)C1(O)O[C@H](CO)[C@H](O)[C@H](O)[C@H]1O. The fourth-order valence-corrected chi connectivity index (χ4v) is 4.02. The Balaban J connectivity index is 2.07. The van der Waals surface area contributed by atoms with Crippen molar-refractivity contribution in [3.05, 3.63) is 12.7 Å². The van der Waals surface area contributed by atoms with Crippen LogP contribution in [0.3, 0.4) is 0 Å². The number of carbonyl (C=O) groups is 2. The molecule has 0 aliphatic carbocycles. The average Bonchev–Trinajstić information content (AvgIpc) is 2.83. The first kappa shape index (κ1) is 28.8. The number of aliphatic hydroxyl groups excluding tert-OH is 8. The second-order valence-corrected chi connectivity index (χ2v) is 8.44. The van der Waals surface area contributed by atoms with Gasteiger partial charge in [-0.2, -0.15) is 0 Å². The van der Waals surface area contributed by atoms with E-state index in [4.69, 9.17) is 9.47 Å².